The molecule has 1 unspecified atom stereocenters. The molecule has 0 radical (unpaired) electrons. The van der Waals surface area contributed by atoms with E-state index in [0.717, 1.165) is 12.8 Å². The molecule has 0 aliphatic carbocycles. The zero-order valence-corrected chi connectivity index (χ0v) is 12.6. The molecule has 0 saturated heterocycles. The Hall–Kier alpha value is -1.71. The van der Waals surface area contributed by atoms with Crippen molar-refractivity contribution >= 4 is 5.97 Å². The molecule has 1 rings (SSSR count). The van der Waals surface area contributed by atoms with Crippen molar-refractivity contribution in [2.24, 2.45) is 11.3 Å². The fourth-order valence-electron chi connectivity index (χ4n) is 2.31. The number of phenols is 1. The van der Waals surface area contributed by atoms with E-state index in [2.05, 4.69) is 27.7 Å². The first-order valence-electron chi connectivity index (χ1n) is 6.88. The van der Waals surface area contributed by atoms with E-state index < -0.39 is 5.97 Å². The van der Waals surface area contributed by atoms with Crippen molar-refractivity contribution in [2.75, 3.05) is 6.61 Å². The van der Waals surface area contributed by atoms with Crippen molar-refractivity contribution in [1.82, 2.24) is 0 Å². The summed E-state index contributed by atoms with van der Waals surface area (Å²) >= 11 is 0. The third-order valence-corrected chi connectivity index (χ3v) is 3.04. The minimum atomic E-state index is -1.15. The van der Waals surface area contributed by atoms with Crippen molar-refractivity contribution < 1.29 is 19.7 Å². The van der Waals surface area contributed by atoms with Gasteiger partial charge >= 0.3 is 5.97 Å². The van der Waals surface area contributed by atoms with Crippen LogP contribution in [-0.2, 0) is 0 Å². The Kier molecular flexibility index (Phi) is 5.43. The van der Waals surface area contributed by atoms with Crippen LogP contribution in [-0.4, -0.2) is 22.8 Å². The highest BCUT2D eigenvalue weighted by Crippen LogP contribution is 2.27. The molecule has 4 nitrogen and oxygen atoms in total. The minimum Gasteiger partial charge on any atom is -0.507 e. The van der Waals surface area contributed by atoms with Gasteiger partial charge in [0.05, 0.1) is 6.61 Å². The van der Waals surface area contributed by atoms with Gasteiger partial charge < -0.3 is 14.9 Å². The van der Waals surface area contributed by atoms with Crippen molar-refractivity contribution in [3.8, 4) is 11.5 Å². The zero-order chi connectivity index (χ0) is 15.3. The lowest BCUT2D eigenvalue weighted by atomic mass is 9.84. The summed E-state index contributed by atoms with van der Waals surface area (Å²) in [5.74, 6) is -0.358. The Bertz CT molecular complexity index is 460. The number of carbonyl (C=O) groups is 1. The van der Waals surface area contributed by atoms with Gasteiger partial charge in [0.1, 0.15) is 17.1 Å². The Balaban J connectivity index is 2.47. The van der Waals surface area contributed by atoms with Crippen LogP contribution in [0.1, 0.15) is 50.9 Å². The molecule has 1 atom stereocenters. The third kappa shape index (κ3) is 5.51. The van der Waals surface area contributed by atoms with Gasteiger partial charge in [-0.05, 0) is 36.3 Å². The summed E-state index contributed by atoms with van der Waals surface area (Å²) in [7, 11) is 0. The van der Waals surface area contributed by atoms with Gasteiger partial charge in [-0.25, -0.2) is 4.79 Å². The molecular weight excluding hydrogens is 256 g/mol. The van der Waals surface area contributed by atoms with Crippen LogP contribution < -0.4 is 4.74 Å². The van der Waals surface area contributed by atoms with Gasteiger partial charge in [-0.15, -0.1) is 0 Å². The SMILES string of the molecule is CC(CCOc1ccc(C(=O)O)c(O)c1)CC(C)(C)C. The van der Waals surface area contributed by atoms with Crippen LogP contribution in [0, 0.1) is 11.3 Å². The Morgan fingerprint density at radius 3 is 2.50 bits per heavy atom. The van der Waals surface area contributed by atoms with Crippen LogP contribution in [0.25, 0.3) is 0 Å². The van der Waals surface area contributed by atoms with E-state index in [9.17, 15) is 9.90 Å². The Labute approximate surface area is 120 Å². The second kappa shape index (κ2) is 6.64. The highest BCUT2D eigenvalue weighted by Gasteiger charge is 2.15. The molecule has 4 heteroatoms. The lowest BCUT2D eigenvalue weighted by Crippen LogP contribution is -2.13. The number of hydrogen-bond donors (Lipinski definition) is 2. The molecule has 20 heavy (non-hydrogen) atoms. The van der Waals surface area contributed by atoms with E-state index >= 15 is 0 Å². The Morgan fingerprint density at radius 1 is 1.35 bits per heavy atom. The number of aromatic hydroxyl groups is 1. The summed E-state index contributed by atoms with van der Waals surface area (Å²) in [5.41, 5.74) is 0.194. The number of aromatic carboxylic acids is 1. The van der Waals surface area contributed by atoms with Crippen LogP contribution in [0.5, 0.6) is 11.5 Å². The topological polar surface area (TPSA) is 66.8 Å². The number of hydrogen-bond acceptors (Lipinski definition) is 3. The van der Waals surface area contributed by atoms with Gasteiger partial charge in [0.2, 0.25) is 0 Å². The molecule has 2 N–H and O–H groups in total. The van der Waals surface area contributed by atoms with Gasteiger partial charge in [-0.1, -0.05) is 27.7 Å². The molecule has 0 bridgehead atoms. The zero-order valence-electron chi connectivity index (χ0n) is 12.6. The average Bonchev–Trinajstić information content (AvgIpc) is 2.25. The molecule has 0 aliphatic rings. The molecule has 0 aromatic heterocycles. The average molecular weight is 280 g/mol. The highest BCUT2D eigenvalue weighted by molar-refractivity contribution is 5.90. The standard InChI is InChI=1S/C16H24O4/c1-11(10-16(2,3)4)7-8-20-12-5-6-13(15(18)19)14(17)9-12/h5-6,9,11,17H,7-8,10H2,1-4H3,(H,18,19). The van der Waals surface area contributed by atoms with E-state index in [-0.39, 0.29) is 11.3 Å². The van der Waals surface area contributed by atoms with Crippen LogP contribution in [0.2, 0.25) is 0 Å². The van der Waals surface area contributed by atoms with Crippen molar-refractivity contribution in [1.29, 1.82) is 0 Å². The molecule has 0 amide bonds. The molecule has 0 aliphatic heterocycles. The van der Waals surface area contributed by atoms with E-state index in [1.54, 1.807) is 6.07 Å². The van der Waals surface area contributed by atoms with Crippen molar-refractivity contribution in [3.05, 3.63) is 23.8 Å². The predicted octanol–water partition coefficient (Wildman–Crippen LogP) is 3.93. The van der Waals surface area contributed by atoms with Crippen LogP contribution in [0.3, 0.4) is 0 Å². The second-order valence-electron chi connectivity index (χ2n) is 6.49. The lowest BCUT2D eigenvalue weighted by molar-refractivity contribution is 0.0693. The van der Waals surface area contributed by atoms with Gasteiger partial charge in [0.25, 0.3) is 0 Å². The monoisotopic (exact) mass is 280 g/mol. The van der Waals surface area contributed by atoms with E-state index in [4.69, 9.17) is 9.84 Å². The lowest BCUT2D eigenvalue weighted by Gasteiger charge is -2.23. The summed E-state index contributed by atoms with van der Waals surface area (Å²) in [5, 5.41) is 18.4. The summed E-state index contributed by atoms with van der Waals surface area (Å²) < 4.78 is 5.55. The molecule has 0 saturated carbocycles. The highest BCUT2D eigenvalue weighted by atomic mass is 16.5. The summed E-state index contributed by atoms with van der Waals surface area (Å²) in [6, 6.07) is 4.26. The number of rotatable bonds is 6. The first-order valence-corrected chi connectivity index (χ1v) is 6.88. The fourth-order valence-corrected chi connectivity index (χ4v) is 2.31. The fraction of sp³-hybridized carbons (Fsp3) is 0.562. The van der Waals surface area contributed by atoms with E-state index in [1.165, 1.54) is 12.1 Å². The number of carboxylic acids is 1. The third-order valence-electron chi connectivity index (χ3n) is 3.04. The molecule has 112 valence electrons. The quantitative estimate of drug-likeness (QED) is 0.828. The van der Waals surface area contributed by atoms with Crippen molar-refractivity contribution in [3.63, 3.8) is 0 Å². The normalized spacial score (nSPS) is 13.0. The summed E-state index contributed by atoms with van der Waals surface area (Å²) in [6.45, 7) is 9.40. The largest absolute Gasteiger partial charge is 0.507 e. The predicted molar refractivity (Wildman–Crippen MR) is 78.4 cm³/mol. The molecule has 0 fully saturated rings. The molecule has 0 heterocycles. The maximum Gasteiger partial charge on any atom is 0.339 e. The van der Waals surface area contributed by atoms with Gasteiger partial charge in [0, 0.05) is 6.07 Å². The molecule has 1 aromatic carbocycles. The van der Waals surface area contributed by atoms with Crippen molar-refractivity contribution in [2.45, 2.75) is 40.5 Å². The number of carboxylic acid groups (broad SMARTS) is 1. The van der Waals surface area contributed by atoms with E-state index in [0.29, 0.717) is 23.7 Å². The second-order valence-corrected chi connectivity index (χ2v) is 6.49. The molecule has 1 aromatic rings. The Morgan fingerprint density at radius 2 is 2.00 bits per heavy atom. The maximum atomic E-state index is 10.8. The molecule has 0 spiro atoms. The minimum absolute atomic E-state index is 0.113. The number of benzene rings is 1. The summed E-state index contributed by atoms with van der Waals surface area (Å²) in [4.78, 5) is 10.8. The van der Waals surface area contributed by atoms with Gasteiger partial charge in [-0.3, -0.25) is 0 Å². The van der Waals surface area contributed by atoms with Gasteiger partial charge in [0.15, 0.2) is 0 Å². The summed E-state index contributed by atoms with van der Waals surface area (Å²) in [6.07, 6.45) is 2.05. The first kappa shape index (κ1) is 16.3. The maximum absolute atomic E-state index is 10.8. The smallest absolute Gasteiger partial charge is 0.339 e. The first-order chi connectivity index (χ1) is 9.19. The van der Waals surface area contributed by atoms with Crippen LogP contribution in [0.15, 0.2) is 18.2 Å². The molecular formula is C16H24O4. The van der Waals surface area contributed by atoms with E-state index in [1.807, 2.05) is 0 Å². The van der Waals surface area contributed by atoms with Crippen LogP contribution in [0.4, 0.5) is 0 Å². The van der Waals surface area contributed by atoms with Crippen LogP contribution >= 0.6 is 0 Å². The number of ether oxygens (including phenoxy) is 1. The van der Waals surface area contributed by atoms with Gasteiger partial charge in [-0.2, -0.15) is 0 Å².